The highest BCUT2D eigenvalue weighted by Crippen LogP contribution is 2.22. The summed E-state index contributed by atoms with van der Waals surface area (Å²) >= 11 is 1.78. The molecule has 0 atom stereocenters. The van der Waals surface area contributed by atoms with E-state index < -0.39 is 0 Å². The Kier molecular flexibility index (Phi) is 4.95. The molecule has 2 rings (SSSR count). The number of thiophene rings is 1. The van der Waals surface area contributed by atoms with Gasteiger partial charge in [-0.25, -0.2) is 9.97 Å². The largest absolute Gasteiger partial charge is 0.383 e. The molecule has 0 spiro atoms. The van der Waals surface area contributed by atoms with Gasteiger partial charge in [0, 0.05) is 16.9 Å². The van der Waals surface area contributed by atoms with E-state index in [1.807, 2.05) is 6.92 Å². The standard InChI is InChI=1S/C15H22N4S/c1-4-6-13-18-14(16)10(3)15(19-13)17-9-12-11(5-2)7-8-20-12/h7-8H,4-6,9H2,1-3H3,(H3,16,17,18,19). The Labute approximate surface area is 124 Å². The van der Waals surface area contributed by atoms with Crippen LogP contribution in [0.4, 0.5) is 11.6 Å². The summed E-state index contributed by atoms with van der Waals surface area (Å²) < 4.78 is 0. The fourth-order valence-corrected chi connectivity index (χ4v) is 3.01. The highest BCUT2D eigenvalue weighted by Gasteiger charge is 2.09. The van der Waals surface area contributed by atoms with E-state index in [0.29, 0.717) is 5.82 Å². The summed E-state index contributed by atoms with van der Waals surface area (Å²) in [6.07, 6.45) is 2.94. The lowest BCUT2D eigenvalue weighted by molar-refractivity contribution is 0.833. The quantitative estimate of drug-likeness (QED) is 0.854. The minimum Gasteiger partial charge on any atom is -0.383 e. The maximum Gasteiger partial charge on any atom is 0.135 e. The minimum absolute atomic E-state index is 0.577. The number of nitrogens with two attached hydrogens (primary N) is 1. The molecule has 5 heteroatoms. The zero-order chi connectivity index (χ0) is 14.5. The fraction of sp³-hybridized carbons (Fsp3) is 0.467. The first-order chi connectivity index (χ1) is 9.65. The van der Waals surface area contributed by atoms with E-state index >= 15 is 0 Å². The molecule has 2 aromatic rings. The maximum atomic E-state index is 5.97. The molecular weight excluding hydrogens is 268 g/mol. The molecule has 0 amide bonds. The van der Waals surface area contributed by atoms with E-state index in [0.717, 1.165) is 43.0 Å². The second-order valence-electron chi connectivity index (χ2n) is 4.82. The summed E-state index contributed by atoms with van der Waals surface area (Å²) in [6, 6.07) is 2.19. The van der Waals surface area contributed by atoms with E-state index in [4.69, 9.17) is 5.73 Å². The van der Waals surface area contributed by atoms with Crippen molar-refractivity contribution in [3.63, 3.8) is 0 Å². The normalized spacial score (nSPS) is 10.8. The van der Waals surface area contributed by atoms with Gasteiger partial charge in [0.1, 0.15) is 17.5 Å². The number of hydrogen-bond donors (Lipinski definition) is 2. The molecule has 0 saturated heterocycles. The molecule has 108 valence electrons. The van der Waals surface area contributed by atoms with Crippen LogP contribution in [0.25, 0.3) is 0 Å². The molecule has 3 N–H and O–H groups in total. The third-order valence-electron chi connectivity index (χ3n) is 3.34. The van der Waals surface area contributed by atoms with Crippen molar-refractivity contribution in [2.75, 3.05) is 11.1 Å². The Bertz CT molecular complexity index is 577. The molecule has 4 nitrogen and oxygen atoms in total. The van der Waals surface area contributed by atoms with Crippen LogP contribution in [-0.4, -0.2) is 9.97 Å². The van der Waals surface area contributed by atoms with Crippen molar-refractivity contribution in [2.45, 2.75) is 46.6 Å². The zero-order valence-corrected chi connectivity index (χ0v) is 13.2. The Morgan fingerprint density at radius 2 is 2.10 bits per heavy atom. The van der Waals surface area contributed by atoms with E-state index in [2.05, 4.69) is 40.6 Å². The third kappa shape index (κ3) is 3.28. The number of nitrogens with zero attached hydrogens (tertiary/aromatic N) is 2. The third-order valence-corrected chi connectivity index (χ3v) is 4.30. The van der Waals surface area contributed by atoms with Gasteiger partial charge < -0.3 is 11.1 Å². The number of anilines is 2. The molecule has 0 aromatic carbocycles. The van der Waals surface area contributed by atoms with Crippen LogP contribution in [0.5, 0.6) is 0 Å². The Morgan fingerprint density at radius 3 is 2.80 bits per heavy atom. The predicted molar refractivity (Wildman–Crippen MR) is 86.2 cm³/mol. The number of aromatic nitrogens is 2. The summed E-state index contributed by atoms with van der Waals surface area (Å²) in [4.78, 5) is 10.3. The Balaban J connectivity index is 2.16. The molecule has 0 aliphatic heterocycles. The fourth-order valence-electron chi connectivity index (χ4n) is 2.09. The van der Waals surface area contributed by atoms with Gasteiger partial charge in [-0.15, -0.1) is 11.3 Å². The highest BCUT2D eigenvalue weighted by atomic mass is 32.1. The number of nitrogens with one attached hydrogen (secondary N) is 1. The van der Waals surface area contributed by atoms with Gasteiger partial charge in [0.15, 0.2) is 0 Å². The average molecular weight is 290 g/mol. The van der Waals surface area contributed by atoms with Gasteiger partial charge in [0.2, 0.25) is 0 Å². The summed E-state index contributed by atoms with van der Waals surface area (Å²) in [7, 11) is 0. The SMILES string of the molecule is CCCc1nc(N)c(C)c(NCc2sccc2CC)n1. The molecule has 0 fully saturated rings. The number of hydrogen-bond acceptors (Lipinski definition) is 5. The van der Waals surface area contributed by atoms with Crippen molar-refractivity contribution in [3.8, 4) is 0 Å². The molecule has 0 aliphatic rings. The Morgan fingerprint density at radius 1 is 1.30 bits per heavy atom. The molecular formula is C15H22N4S. The number of rotatable bonds is 6. The van der Waals surface area contributed by atoms with Crippen LogP contribution in [0.3, 0.4) is 0 Å². The molecule has 0 aliphatic carbocycles. The van der Waals surface area contributed by atoms with Crippen LogP contribution in [0.2, 0.25) is 0 Å². The predicted octanol–water partition coefficient (Wildman–Crippen LogP) is 3.56. The lowest BCUT2D eigenvalue weighted by atomic mass is 10.2. The first-order valence-electron chi connectivity index (χ1n) is 7.07. The van der Waals surface area contributed by atoms with Crippen LogP contribution in [-0.2, 0) is 19.4 Å². The van der Waals surface area contributed by atoms with E-state index in [-0.39, 0.29) is 0 Å². The summed E-state index contributed by atoms with van der Waals surface area (Å²) in [5.74, 6) is 2.25. The Hall–Kier alpha value is -1.62. The van der Waals surface area contributed by atoms with E-state index in [9.17, 15) is 0 Å². The van der Waals surface area contributed by atoms with Crippen molar-refractivity contribution in [3.05, 3.63) is 33.3 Å². The second-order valence-corrected chi connectivity index (χ2v) is 5.83. The molecule has 0 saturated carbocycles. The van der Waals surface area contributed by atoms with Gasteiger partial charge in [0.25, 0.3) is 0 Å². The average Bonchev–Trinajstić information content (AvgIpc) is 2.89. The summed E-state index contributed by atoms with van der Waals surface area (Å²) in [5.41, 5.74) is 8.30. The first kappa shape index (κ1) is 14.8. The highest BCUT2D eigenvalue weighted by molar-refractivity contribution is 7.10. The minimum atomic E-state index is 0.577. The van der Waals surface area contributed by atoms with Crippen LogP contribution in [0, 0.1) is 6.92 Å². The molecule has 0 radical (unpaired) electrons. The molecule has 0 unspecified atom stereocenters. The van der Waals surface area contributed by atoms with Crippen molar-refractivity contribution in [1.29, 1.82) is 0 Å². The van der Waals surface area contributed by atoms with Gasteiger partial charge in [-0.05, 0) is 36.8 Å². The molecule has 0 bridgehead atoms. The molecule has 2 aromatic heterocycles. The van der Waals surface area contributed by atoms with E-state index in [1.54, 1.807) is 11.3 Å². The molecule has 20 heavy (non-hydrogen) atoms. The van der Waals surface area contributed by atoms with Crippen molar-refractivity contribution in [2.24, 2.45) is 0 Å². The van der Waals surface area contributed by atoms with Crippen LogP contribution in [0.15, 0.2) is 11.4 Å². The second kappa shape index (κ2) is 6.70. The summed E-state index contributed by atoms with van der Waals surface area (Å²) in [6.45, 7) is 7.05. The van der Waals surface area contributed by atoms with Crippen LogP contribution in [0.1, 0.15) is 42.1 Å². The maximum absolute atomic E-state index is 5.97. The van der Waals surface area contributed by atoms with Gasteiger partial charge in [0.05, 0.1) is 6.54 Å². The lowest BCUT2D eigenvalue weighted by Gasteiger charge is -2.12. The van der Waals surface area contributed by atoms with Gasteiger partial charge in [-0.2, -0.15) is 0 Å². The van der Waals surface area contributed by atoms with Crippen molar-refractivity contribution in [1.82, 2.24) is 9.97 Å². The topological polar surface area (TPSA) is 63.8 Å². The summed E-state index contributed by atoms with van der Waals surface area (Å²) in [5, 5.41) is 5.55. The van der Waals surface area contributed by atoms with Crippen LogP contribution < -0.4 is 11.1 Å². The van der Waals surface area contributed by atoms with Crippen molar-refractivity contribution >= 4 is 23.0 Å². The van der Waals surface area contributed by atoms with Crippen molar-refractivity contribution < 1.29 is 0 Å². The lowest BCUT2D eigenvalue weighted by Crippen LogP contribution is -2.09. The molecule has 2 heterocycles. The van der Waals surface area contributed by atoms with Gasteiger partial charge in [-0.1, -0.05) is 13.8 Å². The number of aryl methyl sites for hydroxylation is 2. The zero-order valence-electron chi connectivity index (χ0n) is 12.4. The van der Waals surface area contributed by atoms with Gasteiger partial charge in [-0.3, -0.25) is 0 Å². The first-order valence-corrected chi connectivity index (χ1v) is 7.95. The van der Waals surface area contributed by atoms with Crippen LogP contribution >= 0.6 is 11.3 Å². The monoisotopic (exact) mass is 290 g/mol. The van der Waals surface area contributed by atoms with Gasteiger partial charge >= 0.3 is 0 Å². The van der Waals surface area contributed by atoms with E-state index in [1.165, 1.54) is 10.4 Å². The number of nitrogen functional groups attached to an aromatic ring is 1. The smallest absolute Gasteiger partial charge is 0.135 e.